The van der Waals surface area contributed by atoms with Gasteiger partial charge in [0.25, 0.3) is 0 Å². The Morgan fingerprint density at radius 3 is 2.60 bits per heavy atom. The second-order valence-corrected chi connectivity index (χ2v) is 6.28. The molecule has 0 saturated carbocycles. The normalized spacial score (nSPS) is 11.4. The summed E-state index contributed by atoms with van der Waals surface area (Å²) in [6.07, 6.45) is 7.55. The number of carbonyl (C=O) groups is 1. The van der Waals surface area contributed by atoms with Crippen LogP contribution in [0, 0.1) is 0 Å². The number of benzene rings is 1. The largest absolute Gasteiger partial charge is 0.459 e. The van der Waals surface area contributed by atoms with Crippen LogP contribution in [0.5, 0.6) is 0 Å². The number of unbranched alkanes of at least 4 members (excludes halogenated alkanes) is 1. The van der Waals surface area contributed by atoms with Gasteiger partial charge in [0.2, 0.25) is 0 Å². The van der Waals surface area contributed by atoms with Crippen LogP contribution in [0.1, 0.15) is 57.2 Å². The average molecular weight is 343 g/mol. The van der Waals surface area contributed by atoms with E-state index < -0.39 is 0 Å². The summed E-state index contributed by atoms with van der Waals surface area (Å²) in [5.41, 5.74) is 2.16. The van der Waals surface area contributed by atoms with Crippen molar-refractivity contribution in [3.05, 3.63) is 54.1 Å². The maximum absolute atomic E-state index is 11.8. The van der Waals surface area contributed by atoms with Crippen LogP contribution in [0.4, 0.5) is 0 Å². The van der Waals surface area contributed by atoms with Crippen LogP contribution >= 0.6 is 0 Å². The fraction of sp³-hybridized carbons (Fsp3) is 0.500. The van der Waals surface area contributed by atoms with Crippen LogP contribution in [0.15, 0.2) is 42.9 Å². The molecule has 0 spiro atoms. The van der Waals surface area contributed by atoms with E-state index in [-0.39, 0.29) is 18.1 Å². The molecule has 2 rings (SSSR count). The van der Waals surface area contributed by atoms with Crippen LogP contribution in [0.2, 0.25) is 0 Å². The number of nitrogens with zero attached hydrogens (tertiary/aromatic N) is 1. The SMILES string of the molecule is CCC(CC)(NCCCCC(=O)OCc1cnc[nH]1)c1ccccc1. The van der Waals surface area contributed by atoms with Crippen LogP contribution in [0.3, 0.4) is 0 Å². The number of ether oxygens (including phenoxy) is 1. The van der Waals surface area contributed by atoms with E-state index in [0.717, 1.165) is 37.9 Å². The van der Waals surface area contributed by atoms with Crippen molar-refractivity contribution in [1.82, 2.24) is 15.3 Å². The first kappa shape index (κ1) is 19.2. The zero-order valence-electron chi connectivity index (χ0n) is 15.3. The number of hydrogen-bond donors (Lipinski definition) is 2. The van der Waals surface area contributed by atoms with E-state index in [0.29, 0.717) is 6.42 Å². The van der Waals surface area contributed by atoms with Gasteiger partial charge in [-0.2, -0.15) is 0 Å². The van der Waals surface area contributed by atoms with Crippen molar-refractivity contribution in [2.45, 2.75) is 58.1 Å². The molecular weight excluding hydrogens is 314 g/mol. The molecule has 0 atom stereocenters. The Balaban J connectivity index is 1.69. The van der Waals surface area contributed by atoms with Crippen molar-refractivity contribution >= 4 is 5.97 Å². The standard InChI is InChI=1S/C20H29N3O2/c1-3-20(4-2,17-10-6-5-7-11-17)23-13-9-8-12-19(24)25-15-18-14-21-16-22-18/h5-7,10-11,14,16,23H,3-4,8-9,12-13,15H2,1-2H3,(H,21,22). The third-order valence-electron chi connectivity index (χ3n) is 4.75. The first-order valence-corrected chi connectivity index (χ1v) is 9.13. The Bertz CT molecular complexity index is 607. The highest BCUT2D eigenvalue weighted by Crippen LogP contribution is 2.28. The summed E-state index contributed by atoms with van der Waals surface area (Å²) >= 11 is 0. The summed E-state index contributed by atoms with van der Waals surface area (Å²) in [6, 6.07) is 10.6. The first-order chi connectivity index (χ1) is 12.2. The lowest BCUT2D eigenvalue weighted by Crippen LogP contribution is -2.41. The van der Waals surface area contributed by atoms with Crippen LogP contribution < -0.4 is 5.32 Å². The maximum Gasteiger partial charge on any atom is 0.306 e. The number of carbonyl (C=O) groups excluding carboxylic acids is 1. The van der Waals surface area contributed by atoms with E-state index in [1.54, 1.807) is 12.5 Å². The molecule has 25 heavy (non-hydrogen) atoms. The predicted molar refractivity (Wildman–Crippen MR) is 98.9 cm³/mol. The van der Waals surface area contributed by atoms with Crippen molar-refractivity contribution in [3.63, 3.8) is 0 Å². The second-order valence-electron chi connectivity index (χ2n) is 6.28. The Morgan fingerprint density at radius 1 is 1.20 bits per heavy atom. The van der Waals surface area contributed by atoms with E-state index in [9.17, 15) is 4.79 Å². The number of nitrogens with one attached hydrogen (secondary N) is 2. The van der Waals surface area contributed by atoms with Gasteiger partial charge >= 0.3 is 5.97 Å². The molecule has 136 valence electrons. The number of imidazole rings is 1. The molecule has 0 aliphatic heterocycles. The predicted octanol–water partition coefficient (Wildman–Crippen LogP) is 3.93. The molecule has 1 aromatic heterocycles. The Hall–Kier alpha value is -2.14. The summed E-state index contributed by atoms with van der Waals surface area (Å²) in [5, 5.41) is 3.71. The minimum absolute atomic E-state index is 0.0163. The van der Waals surface area contributed by atoms with Crippen molar-refractivity contribution in [1.29, 1.82) is 0 Å². The molecule has 0 fully saturated rings. The van der Waals surface area contributed by atoms with Crippen LogP contribution in [-0.2, 0) is 21.7 Å². The molecule has 0 saturated heterocycles. The number of esters is 1. The molecule has 0 radical (unpaired) electrons. The van der Waals surface area contributed by atoms with E-state index in [2.05, 4.69) is 59.5 Å². The van der Waals surface area contributed by atoms with Crippen LogP contribution in [0.25, 0.3) is 0 Å². The Morgan fingerprint density at radius 2 is 1.96 bits per heavy atom. The molecule has 1 aromatic carbocycles. The monoisotopic (exact) mass is 343 g/mol. The molecule has 0 aliphatic rings. The molecule has 1 heterocycles. The zero-order valence-corrected chi connectivity index (χ0v) is 15.3. The van der Waals surface area contributed by atoms with E-state index in [4.69, 9.17) is 4.74 Å². The minimum Gasteiger partial charge on any atom is -0.459 e. The molecule has 0 aliphatic carbocycles. The number of aromatic amines is 1. The molecule has 5 nitrogen and oxygen atoms in total. The van der Waals surface area contributed by atoms with Gasteiger partial charge in [-0.1, -0.05) is 44.2 Å². The van der Waals surface area contributed by atoms with Crippen molar-refractivity contribution in [3.8, 4) is 0 Å². The molecule has 0 amide bonds. The molecule has 2 aromatic rings. The lowest BCUT2D eigenvalue weighted by molar-refractivity contribution is -0.145. The van der Waals surface area contributed by atoms with Gasteiger partial charge in [-0.25, -0.2) is 4.98 Å². The smallest absolute Gasteiger partial charge is 0.306 e. The van der Waals surface area contributed by atoms with Crippen molar-refractivity contribution in [2.75, 3.05) is 6.54 Å². The van der Waals surface area contributed by atoms with Crippen molar-refractivity contribution < 1.29 is 9.53 Å². The topological polar surface area (TPSA) is 67.0 Å². The van der Waals surface area contributed by atoms with Gasteiger partial charge in [-0.3, -0.25) is 4.79 Å². The quantitative estimate of drug-likeness (QED) is 0.479. The summed E-state index contributed by atoms with van der Waals surface area (Å²) in [4.78, 5) is 18.6. The Labute approximate surface area is 150 Å². The van der Waals surface area contributed by atoms with E-state index in [1.807, 2.05) is 0 Å². The van der Waals surface area contributed by atoms with Gasteiger partial charge in [0.05, 0.1) is 18.2 Å². The molecule has 5 heteroatoms. The van der Waals surface area contributed by atoms with Gasteiger partial charge < -0.3 is 15.0 Å². The number of hydrogen-bond acceptors (Lipinski definition) is 4. The van der Waals surface area contributed by atoms with Gasteiger partial charge in [0.15, 0.2) is 0 Å². The van der Waals surface area contributed by atoms with Gasteiger partial charge in [-0.05, 0) is 37.8 Å². The summed E-state index contributed by atoms with van der Waals surface area (Å²) in [6.45, 7) is 5.59. The van der Waals surface area contributed by atoms with Crippen LogP contribution in [-0.4, -0.2) is 22.5 Å². The molecular formula is C20H29N3O2. The lowest BCUT2D eigenvalue weighted by atomic mass is 9.84. The molecule has 0 unspecified atom stereocenters. The van der Waals surface area contributed by atoms with E-state index in [1.165, 1.54) is 5.56 Å². The highest BCUT2D eigenvalue weighted by atomic mass is 16.5. The maximum atomic E-state index is 11.8. The van der Waals surface area contributed by atoms with E-state index >= 15 is 0 Å². The summed E-state index contributed by atoms with van der Waals surface area (Å²) in [7, 11) is 0. The molecule has 0 bridgehead atoms. The fourth-order valence-corrected chi connectivity index (χ4v) is 3.08. The third kappa shape index (κ3) is 5.71. The summed E-state index contributed by atoms with van der Waals surface area (Å²) < 4.78 is 5.21. The van der Waals surface area contributed by atoms with Gasteiger partial charge in [0, 0.05) is 12.0 Å². The number of aromatic nitrogens is 2. The average Bonchev–Trinajstić information content (AvgIpc) is 3.18. The van der Waals surface area contributed by atoms with Crippen molar-refractivity contribution in [2.24, 2.45) is 0 Å². The highest BCUT2D eigenvalue weighted by Gasteiger charge is 2.26. The molecule has 2 N–H and O–H groups in total. The van der Waals surface area contributed by atoms with Gasteiger partial charge in [-0.15, -0.1) is 0 Å². The lowest BCUT2D eigenvalue weighted by Gasteiger charge is -2.34. The minimum atomic E-state index is -0.157. The van der Waals surface area contributed by atoms with Gasteiger partial charge in [0.1, 0.15) is 6.61 Å². The highest BCUT2D eigenvalue weighted by molar-refractivity contribution is 5.69. The summed E-state index contributed by atoms with van der Waals surface area (Å²) in [5.74, 6) is -0.157. The fourth-order valence-electron chi connectivity index (χ4n) is 3.08. The number of H-pyrrole nitrogens is 1. The number of rotatable bonds is 11. The second kappa shape index (κ2) is 9.99. The first-order valence-electron chi connectivity index (χ1n) is 9.13. The zero-order chi connectivity index (χ0) is 18.0. The Kier molecular flexibility index (Phi) is 7.67. The third-order valence-corrected chi connectivity index (χ3v) is 4.75.